The zero-order valence-corrected chi connectivity index (χ0v) is 13.5. The molecule has 0 saturated heterocycles. The number of fused-ring (bicyclic) bond motifs is 1. The van der Waals surface area contributed by atoms with Gasteiger partial charge in [0.05, 0.1) is 11.1 Å². The van der Waals surface area contributed by atoms with Crippen molar-refractivity contribution in [3.63, 3.8) is 0 Å². The number of aromatic nitrogens is 1. The van der Waals surface area contributed by atoms with Crippen molar-refractivity contribution in [3.05, 3.63) is 53.7 Å². The van der Waals surface area contributed by atoms with E-state index in [1.54, 1.807) is 12.2 Å². The Hall–Kier alpha value is -2.69. The third-order valence-corrected chi connectivity index (χ3v) is 4.19. The molecule has 1 aromatic carbocycles. The Bertz CT molecular complexity index is 809. The number of rotatable bonds is 6. The van der Waals surface area contributed by atoms with Crippen LogP contribution >= 0.6 is 0 Å². The molecular formula is C19H20N2O3. The van der Waals surface area contributed by atoms with Crippen LogP contribution < -0.4 is 5.32 Å². The number of carbonyl (C=O) groups is 2. The third kappa shape index (κ3) is 3.45. The molecule has 5 nitrogen and oxygen atoms in total. The first-order valence-corrected chi connectivity index (χ1v) is 8.14. The van der Waals surface area contributed by atoms with E-state index in [1.165, 1.54) is 0 Å². The first kappa shape index (κ1) is 16.2. The zero-order chi connectivity index (χ0) is 17.1. The molecule has 1 fully saturated rings. The summed E-state index contributed by atoms with van der Waals surface area (Å²) in [7, 11) is 0. The molecule has 0 radical (unpaired) electrons. The number of amides is 1. The van der Waals surface area contributed by atoms with Gasteiger partial charge in [-0.15, -0.1) is 0 Å². The molecule has 0 aliphatic heterocycles. The highest BCUT2D eigenvalue weighted by molar-refractivity contribution is 6.07. The fourth-order valence-corrected chi connectivity index (χ4v) is 2.70. The number of carbonyl (C=O) groups excluding carboxylic acids is 1. The molecule has 2 aromatic rings. The molecule has 1 aromatic heterocycles. The summed E-state index contributed by atoms with van der Waals surface area (Å²) in [6.45, 7) is 1.82. The lowest BCUT2D eigenvalue weighted by molar-refractivity contribution is -0.139. The Morgan fingerprint density at radius 2 is 2.12 bits per heavy atom. The number of carboxylic acid groups (broad SMARTS) is 1. The van der Waals surface area contributed by atoms with E-state index in [-0.39, 0.29) is 12.3 Å². The molecule has 1 unspecified atom stereocenters. The van der Waals surface area contributed by atoms with Crippen molar-refractivity contribution in [2.45, 2.75) is 38.1 Å². The molecule has 1 aliphatic rings. The Balaban J connectivity index is 1.94. The SMILES string of the molecule is C/C=C/CC(NC(=O)c1cc(C2CC2)nc2ccccc12)C(=O)O. The average Bonchev–Trinajstić information content (AvgIpc) is 3.42. The van der Waals surface area contributed by atoms with E-state index < -0.39 is 12.0 Å². The van der Waals surface area contributed by atoms with Crippen molar-refractivity contribution in [1.29, 1.82) is 0 Å². The molecule has 1 amide bonds. The van der Waals surface area contributed by atoms with Gasteiger partial charge in [-0.2, -0.15) is 0 Å². The van der Waals surface area contributed by atoms with Gasteiger partial charge in [-0.05, 0) is 38.3 Å². The number of pyridine rings is 1. The molecule has 0 bridgehead atoms. The van der Waals surface area contributed by atoms with E-state index in [1.807, 2.05) is 37.3 Å². The van der Waals surface area contributed by atoms with Gasteiger partial charge in [0, 0.05) is 17.0 Å². The monoisotopic (exact) mass is 324 g/mol. The second-order valence-electron chi connectivity index (χ2n) is 6.06. The molecule has 124 valence electrons. The summed E-state index contributed by atoms with van der Waals surface area (Å²) in [5.74, 6) is -0.992. The number of allylic oxidation sites excluding steroid dienone is 1. The predicted molar refractivity (Wildman–Crippen MR) is 92.0 cm³/mol. The quantitative estimate of drug-likeness (QED) is 0.799. The van der Waals surface area contributed by atoms with Crippen LogP contribution in [0.1, 0.15) is 48.2 Å². The van der Waals surface area contributed by atoms with E-state index in [2.05, 4.69) is 10.3 Å². The van der Waals surface area contributed by atoms with Crippen LogP contribution in [-0.2, 0) is 4.79 Å². The van der Waals surface area contributed by atoms with Gasteiger partial charge in [-0.25, -0.2) is 4.79 Å². The molecule has 24 heavy (non-hydrogen) atoms. The number of hydrogen-bond donors (Lipinski definition) is 2. The minimum absolute atomic E-state index is 0.260. The lowest BCUT2D eigenvalue weighted by Crippen LogP contribution is -2.40. The van der Waals surface area contributed by atoms with Gasteiger partial charge < -0.3 is 10.4 Å². The number of para-hydroxylation sites is 1. The highest BCUT2D eigenvalue weighted by Crippen LogP contribution is 2.40. The van der Waals surface area contributed by atoms with Crippen LogP contribution in [-0.4, -0.2) is 28.0 Å². The Labute approximate surface area is 140 Å². The zero-order valence-electron chi connectivity index (χ0n) is 13.5. The largest absolute Gasteiger partial charge is 0.480 e. The van der Waals surface area contributed by atoms with Gasteiger partial charge in [0.1, 0.15) is 6.04 Å². The first-order chi connectivity index (χ1) is 11.6. The molecule has 2 N–H and O–H groups in total. The summed E-state index contributed by atoms with van der Waals surface area (Å²) in [5.41, 5.74) is 2.18. The lowest BCUT2D eigenvalue weighted by Gasteiger charge is -2.14. The second-order valence-corrected chi connectivity index (χ2v) is 6.06. The van der Waals surface area contributed by atoms with Crippen LogP contribution in [0.3, 0.4) is 0 Å². The Morgan fingerprint density at radius 3 is 2.79 bits per heavy atom. The molecule has 5 heteroatoms. The van der Waals surface area contributed by atoms with Crippen molar-refractivity contribution >= 4 is 22.8 Å². The van der Waals surface area contributed by atoms with Crippen molar-refractivity contribution in [1.82, 2.24) is 10.3 Å². The lowest BCUT2D eigenvalue weighted by atomic mass is 10.0. The highest BCUT2D eigenvalue weighted by atomic mass is 16.4. The summed E-state index contributed by atoms with van der Waals surface area (Å²) in [5, 5.41) is 12.7. The molecule has 1 aliphatic carbocycles. The van der Waals surface area contributed by atoms with E-state index in [0.29, 0.717) is 11.5 Å². The van der Waals surface area contributed by atoms with Crippen LogP contribution in [0.15, 0.2) is 42.5 Å². The van der Waals surface area contributed by atoms with Gasteiger partial charge in [0.25, 0.3) is 5.91 Å². The third-order valence-electron chi connectivity index (χ3n) is 4.19. The number of nitrogens with zero attached hydrogens (tertiary/aromatic N) is 1. The van der Waals surface area contributed by atoms with Crippen LogP contribution in [0.25, 0.3) is 10.9 Å². The van der Waals surface area contributed by atoms with Gasteiger partial charge >= 0.3 is 5.97 Å². The number of nitrogens with one attached hydrogen (secondary N) is 1. The fourth-order valence-electron chi connectivity index (χ4n) is 2.70. The molecule has 1 atom stereocenters. The smallest absolute Gasteiger partial charge is 0.326 e. The standard InChI is InChI=1S/C19H20N2O3/c1-2-3-7-16(19(23)24)21-18(22)14-11-17(12-9-10-12)20-15-8-5-4-6-13(14)15/h2-6,8,11-12,16H,7,9-10H2,1H3,(H,21,22)(H,23,24)/b3-2+. The minimum Gasteiger partial charge on any atom is -0.480 e. The van der Waals surface area contributed by atoms with Gasteiger partial charge in [0.2, 0.25) is 0 Å². The number of aliphatic carboxylic acids is 1. The van der Waals surface area contributed by atoms with Gasteiger partial charge in [-0.3, -0.25) is 9.78 Å². The van der Waals surface area contributed by atoms with Crippen LogP contribution in [0.4, 0.5) is 0 Å². The maximum Gasteiger partial charge on any atom is 0.326 e. The molecule has 1 heterocycles. The maximum atomic E-state index is 12.7. The average molecular weight is 324 g/mol. The van der Waals surface area contributed by atoms with Crippen molar-refractivity contribution in [3.8, 4) is 0 Å². The highest BCUT2D eigenvalue weighted by Gasteiger charge is 2.27. The summed E-state index contributed by atoms with van der Waals surface area (Å²) in [4.78, 5) is 28.7. The van der Waals surface area contributed by atoms with Crippen molar-refractivity contribution in [2.24, 2.45) is 0 Å². The summed E-state index contributed by atoms with van der Waals surface area (Å²) >= 11 is 0. The summed E-state index contributed by atoms with van der Waals surface area (Å²) in [6, 6.07) is 8.34. The predicted octanol–water partition coefficient (Wildman–Crippen LogP) is 3.26. The van der Waals surface area contributed by atoms with Gasteiger partial charge in [-0.1, -0.05) is 30.4 Å². The van der Waals surface area contributed by atoms with Crippen molar-refractivity contribution in [2.75, 3.05) is 0 Å². The normalized spacial score (nSPS) is 15.5. The molecule has 1 saturated carbocycles. The Kier molecular flexibility index (Phi) is 4.60. The van der Waals surface area contributed by atoms with E-state index in [9.17, 15) is 14.7 Å². The topological polar surface area (TPSA) is 79.3 Å². The van der Waals surface area contributed by atoms with E-state index >= 15 is 0 Å². The molecule has 0 spiro atoms. The molecule has 3 rings (SSSR count). The first-order valence-electron chi connectivity index (χ1n) is 8.14. The number of benzene rings is 1. The number of hydrogen-bond acceptors (Lipinski definition) is 3. The summed E-state index contributed by atoms with van der Waals surface area (Å²) in [6.07, 6.45) is 5.95. The maximum absolute atomic E-state index is 12.7. The summed E-state index contributed by atoms with van der Waals surface area (Å²) < 4.78 is 0. The van der Waals surface area contributed by atoms with E-state index in [0.717, 1.165) is 29.4 Å². The minimum atomic E-state index is -1.04. The van der Waals surface area contributed by atoms with Crippen molar-refractivity contribution < 1.29 is 14.7 Å². The Morgan fingerprint density at radius 1 is 1.38 bits per heavy atom. The fraction of sp³-hybridized carbons (Fsp3) is 0.316. The van der Waals surface area contributed by atoms with Gasteiger partial charge in [0.15, 0.2) is 0 Å². The molecular weight excluding hydrogens is 304 g/mol. The second kappa shape index (κ2) is 6.83. The van der Waals surface area contributed by atoms with Crippen LogP contribution in [0.5, 0.6) is 0 Å². The van der Waals surface area contributed by atoms with Crippen LogP contribution in [0, 0.1) is 0 Å². The van der Waals surface area contributed by atoms with Crippen LogP contribution in [0.2, 0.25) is 0 Å². The number of carboxylic acids is 1. The van der Waals surface area contributed by atoms with E-state index in [4.69, 9.17) is 0 Å².